The van der Waals surface area contributed by atoms with Gasteiger partial charge in [0.1, 0.15) is 5.75 Å². The minimum Gasteiger partial charge on any atom is -0.508 e. The van der Waals surface area contributed by atoms with Crippen molar-refractivity contribution in [1.29, 1.82) is 0 Å². The highest BCUT2D eigenvalue weighted by Gasteiger charge is 2.21. The van der Waals surface area contributed by atoms with Crippen LogP contribution in [-0.4, -0.2) is 51.8 Å². The summed E-state index contributed by atoms with van der Waals surface area (Å²) in [5, 5.41) is 13.2. The van der Waals surface area contributed by atoms with Crippen LogP contribution in [-0.2, 0) is 6.54 Å². The number of rotatable bonds is 6. The summed E-state index contributed by atoms with van der Waals surface area (Å²) in [5.74, 6) is 1.21. The number of aromatic nitrogens is 2. The maximum Gasteiger partial charge on any atom is 0.204 e. The zero-order chi connectivity index (χ0) is 18.6. The van der Waals surface area contributed by atoms with E-state index >= 15 is 0 Å². The predicted octanol–water partition coefficient (Wildman–Crippen LogP) is 2.63. The normalized spacial score (nSPS) is 16.0. The number of phenols is 1. The number of hydrogen-bond acceptors (Lipinski definition) is 5. The summed E-state index contributed by atoms with van der Waals surface area (Å²) < 4.78 is 2.23. The molecule has 1 aliphatic heterocycles. The molecule has 1 aromatic heterocycles. The minimum atomic E-state index is 0.289. The summed E-state index contributed by atoms with van der Waals surface area (Å²) >= 11 is 0. The quantitative estimate of drug-likeness (QED) is 0.626. The first-order valence-electron chi connectivity index (χ1n) is 9.65. The fourth-order valence-corrected chi connectivity index (χ4v) is 3.80. The Morgan fingerprint density at radius 2 is 1.81 bits per heavy atom. The van der Waals surface area contributed by atoms with Crippen molar-refractivity contribution in [3.8, 4) is 5.75 Å². The van der Waals surface area contributed by atoms with Crippen molar-refractivity contribution < 1.29 is 5.11 Å². The zero-order valence-electron chi connectivity index (χ0n) is 15.5. The molecule has 142 valence electrons. The first-order chi connectivity index (χ1) is 13.2. The Morgan fingerprint density at radius 1 is 1.07 bits per heavy atom. The highest BCUT2D eigenvalue weighted by Crippen LogP contribution is 2.24. The van der Waals surface area contributed by atoms with Crippen LogP contribution in [0.4, 0.5) is 5.95 Å². The number of para-hydroxylation sites is 2. The van der Waals surface area contributed by atoms with Crippen molar-refractivity contribution in [3.05, 3.63) is 54.1 Å². The van der Waals surface area contributed by atoms with E-state index in [1.807, 2.05) is 24.3 Å². The number of hydrogen-bond donors (Lipinski definition) is 3. The third kappa shape index (κ3) is 4.07. The van der Waals surface area contributed by atoms with Gasteiger partial charge in [-0.05, 0) is 42.7 Å². The summed E-state index contributed by atoms with van der Waals surface area (Å²) in [6, 6.07) is 16.0. The van der Waals surface area contributed by atoms with Crippen LogP contribution in [0.1, 0.15) is 18.4 Å². The standard InChI is InChI=1S/C21H27N5O/c22-11-14-25-12-9-17(10-13-25)23-21-24-19-3-1-2-4-20(19)26(21)15-16-5-7-18(27)8-6-16/h1-8,17,27H,9-15,22H2,(H,23,24). The molecule has 0 bridgehead atoms. The largest absolute Gasteiger partial charge is 0.508 e. The van der Waals surface area contributed by atoms with Gasteiger partial charge in [0.15, 0.2) is 0 Å². The smallest absolute Gasteiger partial charge is 0.204 e. The van der Waals surface area contributed by atoms with Crippen molar-refractivity contribution in [2.45, 2.75) is 25.4 Å². The number of nitrogens with one attached hydrogen (secondary N) is 1. The lowest BCUT2D eigenvalue weighted by Gasteiger charge is -2.32. The molecule has 1 saturated heterocycles. The Bertz CT molecular complexity index is 881. The Hall–Kier alpha value is -2.57. The van der Waals surface area contributed by atoms with Crippen molar-refractivity contribution in [2.24, 2.45) is 5.73 Å². The van der Waals surface area contributed by atoms with Gasteiger partial charge in [0.2, 0.25) is 5.95 Å². The molecule has 1 aliphatic rings. The third-order valence-corrected chi connectivity index (χ3v) is 5.30. The lowest BCUT2D eigenvalue weighted by Crippen LogP contribution is -2.41. The SMILES string of the molecule is NCCN1CCC(Nc2nc3ccccc3n2Cc2ccc(O)cc2)CC1. The van der Waals surface area contributed by atoms with Crippen LogP contribution < -0.4 is 11.1 Å². The first-order valence-corrected chi connectivity index (χ1v) is 9.65. The first kappa shape index (κ1) is 17.8. The van der Waals surface area contributed by atoms with Crippen molar-refractivity contribution in [3.63, 3.8) is 0 Å². The maximum absolute atomic E-state index is 9.54. The van der Waals surface area contributed by atoms with E-state index in [1.54, 1.807) is 12.1 Å². The highest BCUT2D eigenvalue weighted by atomic mass is 16.3. The van der Waals surface area contributed by atoms with Crippen LogP contribution in [0.2, 0.25) is 0 Å². The van der Waals surface area contributed by atoms with Gasteiger partial charge in [-0.15, -0.1) is 0 Å². The van der Waals surface area contributed by atoms with E-state index in [4.69, 9.17) is 10.7 Å². The monoisotopic (exact) mass is 365 g/mol. The molecular weight excluding hydrogens is 338 g/mol. The molecule has 4 rings (SSSR count). The van der Waals surface area contributed by atoms with Crippen LogP contribution in [0.5, 0.6) is 5.75 Å². The molecule has 1 fully saturated rings. The maximum atomic E-state index is 9.54. The van der Waals surface area contributed by atoms with Crippen molar-refractivity contribution >= 4 is 17.0 Å². The second kappa shape index (κ2) is 7.98. The molecule has 2 heterocycles. The van der Waals surface area contributed by atoms with Crippen LogP contribution in [0.3, 0.4) is 0 Å². The summed E-state index contributed by atoms with van der Waals surface area (Å²) in [6.07, 6.45) is 2.20. The van der Waals surface area contributed by atoms with Crippen molar-refractivity contribution in [2.75, 3.05) is 31.5 Å². The molecule has 0 spiro atoms. The number of nitrogens with two attached hydrogens (primary N) is 1. The van der Waals surface area contributed by atoms with Gasteiger partial charge in [-0.2, -0.15) is 0 Å². The van der Waals surface area contributed by atoms with Gasteiger partial charge < -0.3 is 25.6 Å². The number of aromatic hydroxyl groups is 1. The molecule has 0 saturated carbocycles. The summed E-state index contributed by atoms with van der Waals surface area (Å²) in [4.78, 5) is 7.27. The van der Waals surface area contributed by atoms with Gasteiger partial charge in [0.05, 0.1) is 17.6 Å². The average molecular weight is 365 g/mol. The molecule has 2 aromatic carbocycles. The lowest BCUT2D eigenvalue weighted by molar-refractivity contribution is 0.224. The molecule has 0 amide bonds. The second-order valence-corrected chi connectivity index (χ2v) is 7.23. The molecule has 0 unspecified atom stereocenters. The number of imidazole rings is 1. The number of nitrogens with zero attached hydrogens (tertiary/aromatic N) is 3. The summed E-state index contributed by atoms with van der Waals surface area (Å²) in [7, 11) is 0. The van der Waals surface area contributed by atoms with Gasteiger partial charge in [-0.25, -0.2) is 4.98 Å². The van der Waals surface area contributed by atoms with Gasteiger partial charge >= 0.3 is 0 Å². The number of fused-ring (bicyclic) bond motifs is 1. The number of piperidine rings is 1. The van der Waals surface area contributed by atoms with Gasteiger partial charge in [0, 0.05) is 32.2 Å². The highest BCUT2D eigenvalue weighted by molar-refractivity contribution is 5.78. The van der Waals surface area contributed by atoms with E-state index in [9.17, 15) is 5.11 Å². The number of phenolic OH excluding ortho intramolecular Hbond substituents is 1. The van der Waals surface area contributed by atoms with E-state index in [-0.39, 0.29) is 5.75 Å². The van der Waals surface area contributed by atoms with E-state index in [0.29, 0.717) is 6.04 Å². The molecule has 0 aliphatic carbocycles. The number of likely N-dealkylation sites (tertiary alicyclic amines) is 1. The molecule has 27 heavy (non-hydrogen) atoms. The fourth-order valence-electron chi connectivity index (χ4n) is 3.80. The lowest BCUT2D eigenvalue weighted by atomic mass is 10.1. The molecular formula is C21H27N5O. The third-order valence-electron chi connectivity index (χ3n) is 5.30. The van der Waals surface area contributed by atoms with Crippen molar-refractivity contribution in [1.82, 2.24) is 14.5 Å². The van der Waals surface area contributed by atoms with Crippen LogP contribution in [0, 0.1) is 0 Å². The number of benzene rings is 2. The van der Waals surface area contributed by atoms with E-state index in [1.165, 1.54) is 0 Å². The summed E-state index contributed by atoms with van der Waals surface area (Å²) in [6.45, 7) is 4.57. The Morgan fingerprint density at radius 3 is 2.56 bits per heavy atom. The Balaban J connectivity index is 1.56. The van der Waals surface area contributed by atoms with E-state index in [2.05, 4.69) is 26.9 Å². The fraction of sp³-hybridized carbons (Fsp3) is 0.381. The van der Waals surface area contributed by atoms with Gasteiger partial charge in [-0.3, -0.25) is 0 Å². The van der Waals surface area contributed by atoms with Gasteiger partial charge in [0.25, 0.3) is 0 Å². The van der Waals surface area contributed by atoms with Gasteiger partial charge in [-0.1, -0.05) is 24.3 Å². The summed E-state index contributed by atoms with van der Waals surface area (Å²) in [5.41, 5.74) is 8.93. The number of anilines is 1. The molecule has 6 nitrogen and oxygen atoms in total. The molecule has 3 aromatic rings. The Labute approximate surface area is 159 Å². The molecule has 4 N–H and O–H groups in total. The van der Waals surface area contributed by atoms with E-state index in [0.717, 1.165) is 68.1 Å². The van der Waals surface area contributed by atoms with Crippen LogP contribution in [0.15, 0.2) is 48.5 Å². The van der Waals surface area contributed by atoms with Crippen LogP contribution in [0.25, 0.3) is 11.0 Å². The Kier molecular flexibility index (Phi) is 5.27. The molecule has 0 atom stereocenters. The average Bonchev–Trinajstić information content (AvgIpc) is 3.02. The van der Waals surface area contributed by atoms with E-state index < -0.39 is 0 Å². The topological polar surface area (TPSA) is 79.3 Å². The second-order valence-electron chi connectivity index (χ2n) is 7.23. The minimum absolute atomic E-state index is 0.289. The zero-order valence-corrected chi connectivity index (χ0v) is 15.5. The predicted molar refractivity (Wildman–Crippen MR) is 109 cm³/mol. The molecule has 6 heteroatoms. The molecule has 0 radical (unpaired) electrons. The van der Waals surface area contributed by atoms with Crippen LogP contribution >= 0.6 is 0 Å².